The third-order valence-corrected chi connectivity index (χ3v) is 10.2. The Morgan fingerprint density at radius 3 is 2.26 bits per heavy atom. The van der Waals surface area contributed by atoms with Crippen molar-refractivity contribution < 1.29 is 23.5 Å². The van der Waals surface area contributed by atoms with Gasteiger partial charge in [0.25, 0.3) is 0 Å². The number of aromatic nitrogens is 1. The molecule has 1 N–H and O–H groups in total. The number of amides is 3. The maximum atomic E-state index is 14.0. The van der Waals surface area contributed by atoms with Crippen LogP contribution in [0.1, 0.15) is 16.4 Å². The summed E-state index contributed by atoms with van der Waals surface area (Å²) in [6.45, 7) is -0.267. The molecule has 6 rings (SSSR count). The highest BCUT2D eigenvalue weighted by atomic mass is 32.2. The molecule has 0 radical (unpaired) electrons. The summed E-state index contributed by atoms with van der Waals surface area (Å²) < 4.78 is 20.2. The first-order chi connectivity index (χ1) is 20.7. The average Bonchev–Trinajstić information content (AvgIpc) is 3.44. The zero-order valence-corrected chi connectivity index (χ0v) is 25.1. The largest absolute Gasteiger partial charge is 0.497 e. The Morgan fingerprint density at radius 1 is 0.953 bits per heavy atom. The molecular formula is C31H27FN4O5S2. The smallest absolute Gasteiger partial charge is 0.308 e. The van der Waals surface area contributed by atoms with E-state index in [1.54, 1.807) is 31.4 Å². The molecular weight excluding hydrogens is 591 g/mol. The van der Waals surface area contributed by atoms with Gasteiger partial charge in [0.2, 0.25) is 17.7 Å². The van der Waals surface area contributed by atoms with E-state index in [0.717, 1.165) is 39.2 Å². The minimum Gasteiger partial charge on any atom is -0.497 e. The van der Waals surface area contributed by atoms with Gasteiger partial charge in [0.05, 0.1) is 23.7 Å². The number of nitrogens with zero attached hydrogens (tertiary/aromatic N) is 3. The van der Waals surface area contributed by atoms with Crippen molar-refractivity contribution in [2.45, 2.75) is 22.7 Å². The SMILES string of the molecule is COc1ccc(NC(=O)Cn2c3c(sc2=O)C(c2ccc(N(C)C)cc2)C2C(=O)N(c4ccc(F)cc4)C(=O)C2S3)cc1. The van der Waals surface area contributed by atoms with Crippen LogP contribution in [0, 0.1) is 11.7 Å². The first kappa shape index (κ1) is 28.7. The molecule has 0 aliphatic carbocycles. The highest BCUT2D eigenvalue weighted by Gasteiger charge is 2.56. The topological polar surface area (TPSA) is 101 Å². The Hall–Kier alpha value is -4.42. The van der Waals surface area contributed by atoms with E-state index in [1.807, 2.05) is 43.3 Å². The van der Waals surface area contributed by atoms with Crippen molar-refractivity contribution in [2.75, 3.05) is 36.3 Å². The summed E-state index contributed by atoms with van der Waals surface area (Å²) in [5, 5.41) is 2.45. The summed E-state index contributed by atoms with van der Waals surface area (Å²) in [4.78, 5) is 57.5. The molecule has 43 heavy (non-hydrogen) atoms. The van der Waals surface area contributed by atoms with E-state index in [4.69, 9.17) is 4.74 Å². The van der Waals surface area contributed by atoms with Crippen molar-refractivity contribution in [3.63, 3.8) is 0 Å². The van der Waals surface area contributed by atoms with Crippen LogP contribution in [0.5, 0.6) is 5.75 Å². The van der Waals surface area contributed by atoms with Gasteiger partial charge in [-0.3, -0.25) is 23.7 Å². The van der Waals surface area contributed by atoms with E-state index in [1.165, 1.54) is 28.8 Å². The number of thiazole rings is 1. The number of hydrogen-bond donors (Lipinski definition) is 1. The third kappa shape index (κ3) is 5.21. The van der Waals surface area contributed by atoms with E-state index in [2.05, 4.69) is 5.32 Å². The third-order valence-electron chi connectivity index (χ3n) is 7.58. The number of anilines is 3. The van der Waals surface area contributed by atoms with E-state index in [0.29, 0.717) is 21.3 Å². The maximum absolute atomic E-state index is 14.0. The Kier molecular flexibility index (Phi) is 7.57. The molecule has 2 aliphatic rings. The first-order valence-electron chi connectivity index (χ1n) is 13.4. The van der Waals surface area contributed by atoms with Crippen molar-refractivity contribution in [1.29, 1.82) is 0 Å². The molecule has 3 aromatic carbocycles. The zero-order chi connectivity index (χ0) is 30.4. The van der Waals surface area contributed by atoms with E-state index < -0.39 is 40.6 Å². The Morgan fingerprint density at radius 2 is 1.63 bits per heavy atom. The van der Waals surface area contributed by atoms with Crippen molar-refractivity contribution in [3.05, 3.63) is 98.7 Å². The molecule has 1 aromatic heterocycles. The number of rotatable bonds is 7. The van der Waals surface area contributed by atoms with Crippen LogP contribution in [-0.2, 0) is 20.9 Å². The van der Waals surface area contributed by atoms with Gasteiger partial charge in [-0.1, -0.05) is 35.2 Å². The van der Waals surface area contributed by atoms with Gasteiger partial charge in [-0.2, -0.15) is 0 Å². The standard InChI is InChI=1S/C31H27FN4O5S2/c1-34(2)20-10-4-17(5-11-20)24-25-26(29(39)36(28(25)38)21-12-6-18(32)7-13-21)42-30-27(24)43-31(40)35(30)16-23(37)33-19-8-14-22(41-3)15-9-19/h4-15,24-26H,16H2,1-3H3,(H,33,37). The van der Waals surface area contributed by atoms with Gasteiger partial charge in [0.1, 0.15) is 23.4 Å². The van der Waals surface area contributed by atoms with E-state index in [9.17, 15) is 23.6 Å². The zero-order valence-electron chi connectivity index (χ0n) is 23.4. The summed E-state index contributed by atoms with van der Waals surface area (Å²) in [5.74, 6) is -2.49. The summed E-state index contributed by atoms with van der Waals surface area (Å²) in [6, 6.07) is 19.7. The number of imide groups is 1. The highest BCUT2D eigenvalue weighted by molar-refractivity contribution is 8.00. The second-order valence-corrected chi connectivity index (χ2v) is 12.5. The molecule has 3 amide bonds. The fraction of sp³-hybridized carbons (Fsp3) is 0.226. The lowest BCUT2D eigenvalue weighted by Gasteiger charge is -2.31. The van der Waals surface area contributed by atoms with Crippen molar-refractivity contribution in [1.82, 2.24) is 4.57 Å². The van der Waals surface area contributed by atoms with Crippen LogP contribution in [0.25, 0.3) is 0 Å². The molecule has 0 saturated carbocycles. The minimum atomic E-state index is -0.839. The predicted octanol–water partition coefficient (Wildman–Crippen LogP) is 4.56. The summed E-state index contributed by atoms with van der Waals surface area (Å²) >= 11 is 2.11. The number of carbonyl (C=O) groups is 3. The summed E-state index contributed by atoms with van der Waals surface area (Å²) in [6.07, 6.45) is 0. The van der Waals surface area contributed by atoms with Gasteiger partial charge >= 0.3 is 4.87 Å². The Labute approximate surface area is 254 Å². The van der Waals surface area contributed by atoms with Crippen LogP contribution >= 0.6 is 23.1 Å². The van der Waals surface area contributed by atoms with Gasteiger partial charge in [0, 0.05) is 36.3 Å². The predicted molar refractivity (Wildman–Crippen MR) is 165 cm³/mol. The van der Waals surface area contributed by atoms with Crippen LogP contribution in [0.2, 0.25) is 0 Å². The average molecular weight is 619 g/mol. The summed E-state index contributed by atoms with van der Waals surface area (Å²) in [7, 11) is 5.39. The lowest BCUT2D eigenvalue weighted by molar-refractivity contribution is -0.122. The molecule has 9 nitrogen and oxygen atoms in total. The van der Waals surface area contributed by atoms with E-state index >= 15 is 0 Å². The van der Waals surface area contributed by atoms with Crippen molar-refractivity contribution in [3.8, 4) is 5.75 Å². The van der Waals surface area contributed by atoms with Crippen molar-refractivity contribution >= 4 is 57.9 Å². The quantitative estimate of drug-likeness (QED) is 0.303. The van der Waals surface area contributed by atoms with Crippen molar-refractivity contribution in [2.24, 2.45) is 5.92 Å². The molecule has 2 aliphatic heterocycles. The Balaban J connectivity index is 1.39. The van der Waals surface area contributed by atoms with Crippen LogP contribution in [0.3, 0.4) is 0 Å². The Bertz CT molecular complexity index is 1770. The van der Waals surface area contributed by atoms with Gasteiger partial charge in [-0.15, -0.1) is 0 Å². The second-order valence-electron chi connectivity index (χ2n) is 10.4. The lowest BCUT2D eigenvalue weighted by atomic mass is 9.83. The number of fused-ring (bicyclic) bond motifs is 2. The molecule has 1 fully saturated rings. The molecule has 3 atom stereocenters. The van der Waals surface area contributed by atoms with Gasteiger partial charge in [-0.25, -0.2) is 9.29 Å². The molecule has 3 heterocycles. The number of methoxy groups -OCH3 is 1. The van der Waals surface area contributed by atoms with Gasteiger partial charge in [0.15, 0.2) is 0 Å². The van der Waals surface area contributed by atoms with Crippen LogP contribution < -0.4 is 24.7 Å². The number of nitrogens with one attached hydrogen (secondary N) is 1. The fourth-order valence-corrected chi connectivity index (χ4v) is 8.23. The molecule has 0 spiro atoms. The second kappa shape index (κ2) is 11.3. The normalized spacial score (nSPS) is 19.2. The molecule has 12 heteroatoms. The molecule has 220 valence electrons. The molecule has 0 bridgehead atoms. The van der Waals surface area contributed by atoms with Crippen LogP contribution in [0.15, 0.2) is 82.6 Å². The monoisotopic (exact) mass is 618 g/mol. The molecule has 3 unspecified atom stereocenters. The summed E-state index contributed by atoms with van der Waals surface area (Å²) in [5.41, 5.74) is 2.56. The van der Waals surface area contributed by atoms with Gasteiger partial charge < -0.3 is 15.0 Å². The minimum absolute atomic E-state index is 0.267. The van der Waals surface area contributed by atoms with Crippen LogP contribution in [0.4, 0.5) is 21.5 Å². The number of benzene rings is 3. The number of carbonyl (C=O) groups excluding carboxylic acids is 3. The molecule has 1 saturated heterocycles. The lowest BCUT2D eigenvalue weighted by Crippen LogP contribution is -2.33. The maximum Gasteiger partial charge on any atom is 0.308 e. The van der Waals surface area contributed by atoms with E-state index in [-0.39, 0.29) is 17.1 Å². The fourth-order valence-electron chi connectivity index (χ4n) is 5.46. The van der Waals surface area contributed by atoms with Crippen LogP contribution in [-0.4, -0.2) is 48.7 Å². The first-order valence-corrected chi connectivity index (χ1v) is 15.1. The highest BCUT2D eigenvalue weighted by Crippen LogP contribution is 2.54. The molecule has 4 aromatic rings. The number of hydrogen-bond acceptors (Lipinski definition) is 8. The van der Waals surface area contributed by atoms with Gasteiger partial charge in [-0.05, 0) is 66.2 Å². The number of ether oxygens (including phenoxy) is 1. The number of halogens is 1. The number of thioether (sulfide) groups is 1.